The van der Waals surface area contributed by atoms with E-state index in [0.717, 1.165) is 31.6 Å². The number of rotatable bonds is 5. The van der Waals surface area contributed by atoms with Crippen LogP contribution >= 0.6 is 34.7 Å². The quantitative estimate of drug-likeness (QED) is 0.554. The first-order valence-electron chi connectivity index (χ1n) is 8.13. The maximum Gasteiger partial charge on any atom is 0.251 e. The molecular formula is C20H19ClN2OS2. The van der Waals surface area contributed by atoms with Gasteiger partial charge in [0, 0.05) is 25.9 Å². The number of carbonyl (C=O) groups is 1. The average molecular weight is 403 g/mol. The second-order valence-electron chi connectivity index (χ2n) is 5.88. The molecule has 3 rings (SSSR count). The molecule has 1 N–H and O–H groups in total. The van der Waals surface area contributed by atoms with Gasteiger partial charge in [-0.15, -0.1) is 23.1 Å². The Morgan fingerprint density at radius 2 is 1.92 bits per heavy atom. The molecule has 26 heavy (non-hydrogen) atoms. The first-order chi connectivity index (χ1) is 12.5. The molecule has 0 spiro atoms. The summed E-state index contributed by atoms with van der Waals surface area (Å²) in [7, 11) is 0. The van der Waals surface area contributed by atoms with Gasteiger partial charge in [-0.25, -0.2) is 4.98 Å². The van der Waals surface area contributed by atoms with Crippen molar-refractivity contribution in [2.45, 2.75) is 25.3 Å². The first-order valence-corrected chi connectivity index (χ1v) is 10.5. The van der Waals surface area contributed by atoms with Crippen molar-refractivity contribution in [2.75, 3.05) is 6.26 Å². The number of halogens is 1. The molecule has 1 heterocycles. The van der Waals surface area contributed by atoms with Crippen molar-refractivity contribution in [1.82, 2.24) is 10.3 Å². The lowest BCUT2D eigenvalue weighted by Gasteiger charge is -2.08. The minimum absolute atomic E-state index is 0.0701. The monoisotopic (exact) mass is 402 g/mol. The number of hydrogen-bond acceptors (Lipinski definition) is 4. The molecule has 1 aromatic heterocycles. The van der Waals surface area contributed by atoms with E-state index < -0.39 is 0 Å². The molecule has 1 amide bonds. The molecule has 0 aliphatic carbocycles. The standard InChI is InChI=1S/C20H19ClN2OS2/c1-12-4-9-16(25-3)10-17(12)20(24)22-11-18-23-19(13(2)26-18)14-5-7-15(21)8-6-14/h4-10H,11H2,1-3H3,(H,22,24). The van der Waals surface area contributed by atoms with Gasteiger partial charge in [0.1, 0.15) is 5.01 Å². The SMILES string of the molecule is CSc1ccc(C)c(C(=O)NCc2nc(-c3ccc(Cl)cc3)c(C)s2)c1. The lowest BCUT2D eigenvalue weighted by Crippen LogP contribution is -2.23. The maximum absolute atomic E-state index is 12.5. The fraction of sp³-hybridized carbons (Fsp3) is 0.200. The second-order valence-corrected chi connectivity index (χ2v) is 8.49. The van der Waals surface area contributed by atoms with E-state index in [1.807, 2.05) is 62.6 Å². The number of benzene rings is 2. The van der Waals surface area contributed by atoms with Crippen LogP contribution in [-0.4, -0.2) is 17.1 Å². The molecule has 0 atom stereocenters. The summed E-state index contributed by atoms with van der Waals surface area (Å²) in [6.45, 7) is 4.41. The minimum atomic E-state index is -0.0701. The summed E-state index contributed by atoms with van der Waals surface area (Å²) in [6.07, 6.45) is 2.00. The van der Waals surface area contributed by atoms with E-state index >= 15 is 0 Å². The van der Waals surface area contributed by atoms with Crippen molar-refractivity contribution in [3.05, 3.63) is 68.5 Å². The van der Waals surface area contributed by atoms with E-state index in [1.54, 1.807) is 23.1 Å². The van der Waals surface area contributed by atoms with E-state index in [0.29, 0.717) is 17.1 Å². The molecule has 134 valence electrons. The van der Waals surface area contributed by atoms with Crippen molar-refractivity contribution in [3.63, 3.8) is 0 Å². The fourth-order valence-electron chi connectivity index (χ4n) is 2.63. The van der Waals surface area contributed by atoms with E-state index in [4.69, 9.17) is 11.6 Å². The Morgan fingerprint density at radius 3 is 2.62 bits per heavy atom. The van der Waals surface area contributed by atoms with Gasteiger partial charge in [-0.3, -0.25) is 4.79 Å². The lowest BCUT2D eigenvalue weighted by molar-refractivity contribution is 0.0950. The highest BCUT2D eigenvalue weighted by Crippen LogP contribution is 2.28. The predicted molar refractivity (Wildman–Crippen MR) is 111 cm³/mol. The topological polar surface area (TPSA) is 42.0 Å². The number of aryl methyl sites for hydroxylation is 2. The van der Waals surface area contributed by atoms with Gasteiger partial charge < -0.3 is 5.32 Å². The second kappa shape index (κ2) is 8.25. The molecular weight excluding hydrogens is 384 g/mol. The minimum Gasteiger partial charge on any atom is -0.346 e. The fourth-order valence-corrected chi connectivity index (χ4v) is 4.09. The lowest BCUT2D eigenvalue weighted by atomic mass is 10.1. The van der Waals surface area contributed by atoms with E-state index in [9.17, 15) is 4.79 Å². The predicted octanol–water partition coefficient (Wildman–Crippen LogP) is 5.73. The summed E-state index contributed by atoms with van der Waals surface area (Å²) in [5.74, 6) is -0.0701. The third-order valence-electron chi connectivity index (χ3n) is 4.05. The summed E-state index contributed by atoms with van der Waals surface area (Å²) in [4.78, 5) is 19.4. The molecule has 0 saturated heterocycles. The van der Waals surface area contributed by atoms with E-state index in [2.05, 4.69) is 10.3 Å². The van der Waals surface area contributed by atoms with Crippen LogP contribution < -0.4 is 5.32 Å². The number of thioether (sulfide) groups is 1. The third kappa shape index (κ3) is 4.29. The number of hydrogen-bond donors (Lipinski definition) is 1. The van der Waals surface area contributed by atoms with E-state index in [1.165, 1.54) is 0 Å². The molecule has 2 aromatic carbocycles. The number of carbonyl (C=O) groups excluding carboxylic acids is 1. The van der Waals surface area contributed by atoms with Crippen LogP contribution in [0.1, 0.15) is 25.8 Å². The van der Waals surface area contributed by atoms with Crippen molar-refractivity contribution in [2.24, 2.45) is 0 Å². The van der Waals surface area contributed by atoms with Gasteiger partial charge >= 0.3 is 0 Å². The zero-order valence-corrected chi connectivity index (χ0v) is 17.2. The van der Waals surface area contributed by atoms with Crippen molar-refractivity contribution in [1.29, 1.82) is 0 Å². The van der Waals surface area contributed by atoms with Crippen LogP contribution in [0.4, 0.5) is 0 Å². The van der Waals surface area contributed by atoms with Crippen LogP contribution in [0.15, 0.2) is 47.4 Å². The summed E-state index contributed by atoms with van der Waals surface area (Å²) in [5, 5.41) is 4.58. The molecule has 0 aliphatic rings. The van der Waals surface area contributed by atoms with Crippen molar-refractivity contribution in [3.8, 4) is 11.3 Å². The van der Waals surface area contributed by atoms with Crippen molar-refractivity contribution < 1.29 is 4.79 Å². The summed E-state index contributed by atoms with van der Waals surface area (Å²) in [5.41, 5.74) is 3.65. The molecule has 0 unspecified atom stereocenters. The Balaban J connectivity index is 1.73. The maximum atomic E-state index is 12.5. The number of nitrogens with one attached hydrogen (secondary N) is 1. The zero-order chi connectivity index (χ0) is 18.7. The van der Waals surface area contributed by atoms with Gasteiger partial charge in [0.05, 0.1) is 12.2 Å². The highest BCUT2D eigenvalue weighted by molar-refractivity contribution is 7.98. The van der Waals surface area contributed by atoms with Gasteiger partial charge in [-0.2, -0.15) is 0 Å². The van der Waals surface area contributed by atoms with Crippen LogP contribution in [0, 0.1) is 13.8 Å². The summed E-state index contributed by atoms with van der Waals surface area (Å²) < 4.78 is 0. The highest BCUT2D eigenvalue weighted by atomic mass is 35.5. The van der Waals surface area contributed by atoms with Crippen LogP contribution in [0.25, 0.3) is 11.3 Å². The smallest absolute Gasteiger partial charge is 0.251 e. The molecule has 0 radical (unpaired) electrons. The number of aromatic nitrogens is 1. The van der Waals surface area contributed by atoms with Crippen LogP contribution in [-0.2, 0) is 6.54 Å². The van der Waals surface area contributed by atoms with Crippen LogP contribution in [0.5, 0.6) is 0 Å². The Hall–Kier alpha value is -1.82. The molecule has 0 fully saturated rings. The third-order valence-corrected chi connectivity index (χ3v) is 6.00. The molecule has 3 nitrogen and oxygen atoms in total. The van der Waals surface area contributed by atoms with E-state index in [-0.39, 0.29) is 5.91 Å². The van der Waals surface area contributed by atoms with Gasteiger partial charge in [-0.05, 0) is 49.9 Å². The van der Waals surface area contributed by atoms with Gasteiger partial charge in [0.25, 0.3) is 5.91 Å². The van der Waals surface area contributed by atoms with Gasteiger partial charge in [0.15, 0.2) is 0 Å². The van der Waals surface area contributed by atoms with Crippen LogP contribution in [0.3, 0.4) is 0 Å². The van der Waals surface area contributed by atoms with Gasteiger partial charge in [0.2, 0.25) is 0 Å². The Bertz CT molecular complexity index is 935. The number of thiazole rings is 1. The van der Waals surface area contributed by atoms with Crippen LogP contribution in [0.2, 0.25) is 5.02 Å². The largest absolute Gasteiger partial charge is 0.346 e. The average Bonchev–Trinajstić information content (AvgIpc) is 3.01. The molecule has 3 aromatic rings. The number of amides is 1. The Labute approximate surface area is 166 Å². The Morgan fingerprint density at radius 1 is 1.19 bits per heavy atom. The van der Waals surface area contributed by atoms with Crippen molar-refractivity contribution >= 4 is 40.6 Å². The first kappa shape index (κ1) is 19.0. The molecule has 0 saturated carbocycles. The molecule has 0 bridgehead atoms. The zero-order valence-electron chi connectivity index (χ0n) is 14.8. The molecule has 6 heteroatoms. The van der Waals surface area contributed by atoms with Gasteiger partial charge in [-0.1, -0.05) is 29.8 Å². The summed E-state index contributed by atoms with van der Waals surface area (Å²) >= 11 is 9.18. The number of nitrogens with zero attached hydrogens (tertiary/aromatic N) is 1. The normalized spacial score (nSPS) is 10.8. The Kier molecular flexibility index (Phi) is 6.01. The molecule has 0 aliphatic heterocycles. The summed E-state index contributed by atoms with van der Waals surface area (Å²) in [6, 6.07) is 13.6. The highest BCUT2D eigenvalue weighted by Gasteiger charge is 2.13.